The fourth-order valence-corrected chi connectivity index (χ4v) is 3.75. The molecule has 4 nitrogen and oxygen atoms in total. The fourth-order valence-electron chi connectivity index (χ4n) is 2.89. The van der Waals surface area contributed by atoms with E-state index in [1.54, 1.807) is 11.3 Å². The third-order valence-corrected chi connectivity index (χ3v) is 5.33. The van der Waals surface area contributed by atoms with Gasteiger partial charge in [0, 0.05) is 16.3 Å². The van der Waals surface area contributed by atoms with Crippen LogP contribution in [-0.4, -0.2) is 23.8 Å². The standard InChI is InChI=1S/C15H24N2O2S/c1-3-11(12-6-5-9-20-12)16-14(19)17-13-7-4-8-15(13,2)10-18/h5-6,9,11,13,18H,3-4,7-8,10H2,1-2H3,(H2,16,17,19). The number of aliphatic hydroxyl groups is 1. The van der Waals surface area contributed by atoms with Gasteiger partial charge in [-0.3, -0.25) is 0 Å². The zero-order chi connectivity index (χ0) is 14.6. The maximum Gasteiger partial charge on any atom is 0.315 e. The number of hydrogen-bond donors (Lipinski definition) is 3. The Labute approximate surface area is 124 Å². The zero-order valence-corrected chi connectivity index (χ0v) is 13.0. The number of carbonyl (C=O) groups excluding carboxylic acids is 1. The predicted octanol–water partition coefficient (Wildman–Crippen LogP) is 3.05. The highest BCUT2D eigenvalue weighted by atomic mass is 32.1. The van der Waals surface area contributed by atoms with Gasteiger partial charge in [-0.25, -0.2) is 4.79 Å². The van der Waals surface area contributed by atoms with Gasteiger partial charge in [0.05, 0.1) is 12.6 Å². The van der Waals surface area contributed by atoms with Gasteiger partial charge in [-0.15, -0.1) is 11.3 Å². The molecule has 2 rings (SSSR count). The Hall–Kier alpha value is -1.07. The topological polar surface area (TPSA) is 61.4 Å². The summed E-state index contributed by atoms with van der Waals surface area (Å²) in [6, 6.07) is 4.05. The van der Waals surface area contributed by atoms with Crippen molar-refractivity contribution in [3.05, 3.63) is 22.4 Å². The molecule has 0 spiro atoms. The van der Waals surface area contributed by atoms with Crippen molar-refractivity contribution in [2.24, 2.45) is 5.41 Å². The van der Waals surface area contributed by atoms with E-state index in [0.717, 1.165) is 25.7 Å². The molecule has 1 aliphatic rings. The van der Waals surface area contributed by atoms with Gasteiger partial charge in [-0.1, -0.05) is 26.3 Å². The van der Waals surface area contributed by atoms with Gasteiger partial charge < -0.3 is 15.7 Å². The van der Waals surface area contributed by atoms with Crippen LogP contribution in [0.1, 0.15) is 50.4 Å². The van der Waals surface area contributed by atoms with Crippen LogP contribution in [0.3, 0.4) is 0 Å². The Morgan fingerprint density at radius 3 is 3.05 bits per heavy atom. The zero-order valence-electron chi connectivity index (χ0n) is 12.2. The maximum atomic E-state index is 12.2. The lowest BCUT2D eigenvalue weighted by Crippen LogP contribution is -2.49. The lowest BCUT2D eigenvalue weighted by atomic mass is 9.86. The number of hydrogen-bond acceptors (Lipinski definition) is 3. The molecule has 0 aliphatic heterocycles. The van der Waals surface area contributed by atoms with Crippen molar-refractivity contribution in [2.45, 2.75) is 51.6 Å². The van der Waals surface area contributed by atoms with Crippen LogP contribution in [0.5, 0.6) is 0 Å². The van der Waals surface area contributed by atoms with Gasteiger partial charge in [-0.2, -0.15) is 0 Å². The summed E-state index contributed by atoms with van der Waals surface area (Å²) in [4.78, 5) is 13.3. The van der Waals surface area contributed by atoms with Crippen molar-refractivity contribution in [3.63, 3.8) is 0 Å². The smallest absolute Gasteiger partial charge is 0.315 e. The van der Waals surface area contributed by atoms with Crippen molar-refractivity contribution in [1.82, 2.24) is 10.6 Å². The van der Waals surface area contributed by atoms with Crippen LogP contribution in [0, 0.1) is 5.41 Å². The minimum Gasteiger partial charge on any atom is -0.396 e. The first-order chi connectivity index (χ1) is 9.59. The molecule has 1 aromatic rings. The largest absolute Gasteiger partial charge is 0.396 e. The molecule has 3 atom stereocenters. The molecule has 0 saturated heterocycles. The Morgan fingerprint density at radius 2 is 2.45 bits per heavy atom. The third-order valence-electron chi connectivity index (χ3n) is 4.35. The minimum absolute atomic E-state index is 0.0633. The Morgan fingerprint density at radius 1 is 1.65 bits per heavy atom. The van der Waals surface area contributed by atoms with Crippen LogP contribution in [0.4, 0.5) is 4.79 Å². The molecule has 0 bridgehead atoms. The van der Waals surface area contributed by atoms with Gasteiger partial charge in [-0.05, 0) is 30.7 Å². The summed E-state index contributed by atoms with van der Waals surface area (Å²) >= 11 is 1.66. The van der Waals surface area contributed by atoms with Crippen LogP contribution in [-0.2, 0) is 0 Å². The summed E-state index contributed by atoms with van der Waals surface area (Å²) in [5.41, 5.74) is -0.179. The first kappa shape index (κ1) is 15.3. The molecule has 1 aromatic heterocycles. The SMILES string of the molecule is CCC(NC(=O)NC1CCCC1(C)CO)c1cccs1. The highest BCUT2D eigenvalue weighted by Gasteiger charge is 2.39. The molecule has 3 N–H and O–H groups in total. The molecule has 112 valence electrons. The highest BCUT2D eigenvalue weighted by molar-refractivity contribution is 7.10. The second kappa shape index (κ2) is 6.59. The van der Waals surface area contributed by atoms with Crippen LogP contribution in [0.2, 0.25) is 0 Å². The van der Waals surface area contributed by atoms with E-state index in [0.29, 0.717) is 0 Å². The van der Waals surface area contributed by atoms with E-state index in [-0.39, 0.29) is 30.1 Å². The Bertz CT molecular complexity index is 435. The minimum atomic E-state index is -0.179. The number of aliphatic hydroxyl groups excluding tert-OH is 1. The van der Waals surface area contributed by atoms with Crippen LogP contribution < -0.4 is 10.6 Å². The molecule has 20 heavy (non-hydrogen) atoms. The number of carbonyl (C=O) groups is 1. The first-order valence-electron chi connectivity index (χ1n) is 7.30. The normalized spacial score (nSPS) is 27.2. The molecule has 1 saturated carbocycles. The summed E-state index contributed by atoms with van der Waals surface area (Å²) in [5, 5.41) is 17.6. The first-order valence-corrected chi connectivity index (χ1v) is 8.18. The summed E-state index contributed by atoms with van der Waals surface area (Å²) in [7, 11) is 0. The van der Waals surface area contributed by atoms with Gasteiger partial charge in [0.15, 0.2) is 0 Å². The lowest BCUT2D eigenvalue weighted by molar-refractivity contribution is 0.120. The molecule has 3 unspecified atom stereocenters. The van der Waals surface area contributed by atoms with Crippen molar-refractivity contribution in [1.29, 1.82) is 0 Å². The average molecular weight is 296 g/mol. The van der Waals surface area contributed by atoms with Gasteiger partial charge in [0.25, 0.3) is 0 Å². The van der Waals surface area contributed by atoms with Crippen molar-refractivity contribution in [2.75, 3.05) is 6.61 Å². The molecule has 0 aromatic carbocycles. The number of amides is 2. The molecule has 1 aliphatic carbocycles. The van der Waals surface area contributed by atoms with Crippen LogP contribution in [0.25, 0.3) is 0 Å². The van der Waals surface area contributed by atoms with Crippen molar-refractivity contribution < 1.29 is 9.90 Å². The van der Waals surface area contributed by atoms with Gasteiger partial charge in [0.1, 0.15) is 0 Å². The van der Waals surface area contributed by atoms with Crippen molar-refractivity contribution >= 4 is 17.4 Å². The van der Waals surface area contributed by atoms with E-state index in [1.165, 1.54) is 4.88 Å². The summed E-state index contributed by atoms with van der Waals surface area (Å²) in [5.74, 6) is 0. The second-order valence-corrected chi connectivity index (χ2v) is 6.83. The summed E-state index contributed by atoms with van der Waals surface area (Å²) in [6.45, 7) is 4.24. The van der Waals surface area contributed by atoms with E-state index < -0.39 is 0 Å². The van der Waals surface area contributed by atoms with E-state index in [4.69, 9.17) is 0 Å². The summed E-state index contributed by atoms with van der Waals surface area (Å²) in [6.07, 6.45) is 3.84. The molecule has 0 radical (unpaired) electrons. The molecule has 1 heterocycles. The third kappa shape index (κ3) is 3.33. The molecule has 1 fully saturated rings. The summed E-state index contributed by atoms with van der Waals surface area (Å²) < 4.78 is 0. The van der Waals surface area contributed by atoms with Crippen LogP contribution in [0.15, 0.2) is 17.5 Å². The van der Waals surface area contributed by atoms with Gasteiger partial charge in [0.2, 0.25) is 0 Å². The quantitative estimate of drug-likeness (QED) is 0.782. The second-order valence-electron chi connectivity index (χ2n) is 5.85. The van der Waals surface area contributed by atoms with Gasteiger partial charge >= 0.3 is 6.03 Å². The predicted molar refractivity (Wildman–Crippen MR) is 81.9 cm³/mol. The Kier molecular flexibility index (Phi) is 5.05. The Balaban J connectivity index is 1.92. The molecule has 5 heteroatoms. The molecular weight excluding hydrogens is 272 g/mol. The number of rotatable bonds is 5. The monoisotopic (exact) mass is 296 g/mol. The van der Waals surface area contributed by atoms with Crippen molar-refractivity contribution in [3.8, 4) is 0 Å². The fraction of sp³-hybridized carbons (Fsp3) is 0.667. The number of nitrogens with one attached hydrogen (secondary N) is 2. The lowest BCUT2D eigenvalue weighted by Gasteiger charge is -2.30. The average Bonchev–Trinajstić information content (AvgIpc) is 3.07. The van der Waals surface area contributed by atoms with Crippen LogP contribution >= 0.6 is 11.3 Å². The number of thiophene rings is 1. The van der Waals surface area contributed by atoms with E-state index in [9.17, 15) is 9.90 Å². The maximum absolute atomic E-state index is 12.2. The van der Waals surface area contributed by atoms with E-state index >= 15 is 0 Å². The van der Waals surface area contributed by atoms with E-state index in [2.05, 4.69) is 17.6 Å². The van der Waals surface area contributed by atoms with E-state index in [1.807, 2.05) is 24.4 Å². The molecule has 2 amide bonds. The highest BCUT2D eigenvalue weighted by Crippen LogP contribution is 2.37. The number of urea groups is 1. The molecular formula is C15H24N2O2S.